The molecule has 0 saturated carbocycles. The molecule has 0 aliphatic heterocycles. The highest BCUT2D eigenvalue weighted by Crippen LogP contribution is 2.11. The average molecular weight is 296 g/mol. The molecule has 0 fully saturated rings. The highest BCUT2D eigenvalue weighted by Gasteiger charge is 2.07. The Bertz CT molecular complexity index is 750. The van der Waals surface area contributed by atoms with Gasteiger partial charge in [-0.3, -0.25) is 0 Å². The number of hydrogen-bond acceptors (Lipinski definition) is 3. The lowest BCUT2D eigenvalue weighted by Crippen LogP contribution is -2.05. The number of benzene rings is 2. The molecular formula is C17H13FN2O2. The van der Waals surface area contributed by atoms with E-state index in [0.717, 1.165) is 11.3 Å². The van der Waals surface area contributed by atoms with Crippen molar-refractivity contribution in [2.75, 3.05) is 0 Å². The van der Waals surface area contributed by atoms with E-state index >= 15 is 0 Å². The van der Waals surface area contributed by atoms with E-state index in [0.29, 0.717) is 5.56 Å². The van der Waals surface area contributed by atoms with Crippen LogP contribution in [-0.2, 0) is 11.3 Å². The van der Waals surface area contributed by atoms with E-state index in [-0.39, 0.29) is 12.4 Å². The van der Waals surface area contributed by atoms with Gasteiger partial charge in [0.1, 0.15) is 12.4 Å². The molecule has 22 heavy (non-hydrogen) atoms. The molecular weight excluding hydrogens is 283 g/mol. The number of aromatic nitrogens is 2. The van der Waals surface area contributed by atoms with Gasteiger partial charge >= 0.3 is 5.97 Å². The van der Waals surface area contributed by atoms with Crippen LogP contribution in [-0.4, -0.2) is 15.7 Å². The third kappa shape index (κ3) is 3.20. The predicted octanol–water partition coefficient (Wildman–Crippen LogP) is 3.37. The van der Waals surface area contributed by atoms with Crippen LogP contribution >= 0.6 is 0 Å². The molecule has 0 radical (unpaired) electrons. The van der Waals surface area contributed by atoms with E-state index in [4.69, 9.17) is 4.74 Å². The lowest BCUT2D eigenvalue weighted by atomic mass is 10.2. The third-order valence-electron chi connectivity index (χ3n) is 3.16. The predicted molar refractivity (Wildman–Crippen MR) is 79.1 cm³/mol. The fourth-order valence-corrected chi connectivity index (χ4v) is 1.98. The minimum Gasteiger partial charge on any atom is -0.457 e. The van der Waals surface area contributed by atoms with E-state index in [2.05, 4.69) is 5.10 Å². The summed E-state index contributed by atoms with van der Waals surface area (Å²) in [6, 6.07) is 14.6. The molecule has 1 aromatic heterocycles. The molecule has 0 aliphatic rings. The second kappa shape index (κ2) is 6.22. The fourth-order valence-electron chi connectivity index (χ4n) is 1.98. The summed E-state index contributed by atoms with van der Waals surface area (Å²) in [6.07, 6.45) is 3.56. The van der Waals surface area contributed by atoms with Crippen LogP contribution in [0.2, 0.25) is 0 Å². The molecule has 0 bridgehead atoms. The van der Waals surface area contributed by atoms with Crippen molar-refractivity contribution in [3.8, 4) is 5.69 Å². The first-order chi connectivity index (χ1) is 10.7. The van der Waals surface area contributed by atoms with Gasteiger partial charge in [-0.1, -0.05) is 12.1 Å². The van der Waals surface area contributed by atoms with Crippen molar-refractivity contribution in [3.63, 3.8) is 0 Å². The van der Waals surface area contributed by atoms with E-state index < -0.39 is 5.97 Å². The van der Waals surface area contributed by atoms with Gasteiger partial charge in [0.05, 0.1) is 11.3 Å². The van der Waals surface area contributed by atoms with Gasteiger partial charge in [0.25, 0.3) is 0 Å². The largest absolute Gasteiger partial charge is 0.457 e. The maximum Gasteiger partial charge on any atom is 0.338 e. The first-order valence-corrected chi connectivity index (χ1v) is 6.74. The smallest absolute Gasteiger partial charge is 0.338 e. The van der Waals surface area contributed by atoms with Crippen molar-refractivity contribution in [2.45, 2.75) is 6.61 Å². The maximum atomic E-state index is 12.8. The van der Waals surface area contributed by atoms with Crippen LogP contribution < -0.4 is 0 Å². The molecule has 1 heterocycles. The van der Waals surface area contributed by atoms with E-state index in [1.54, 1.807) is 10.9 Å². The van der Waals surface area contributed by atoms with Crippen LogP contribution in [0, 0.1) is 5.82 Å². The number of halogens is 1. The van der Waals surface area contributed by atoms with E-state index in [9.17, 15) is 9.18 Å². The number of nitrogens with zero attached hydrogens (tertiary/aromatic N) is 2. The van der Waals surface area contributed by atoms with Crippen molar-refractivity contribution in [1.82, 2.24) is 9.78 Å². The Kier molecular flexibility index (Phi) is 3.96. The summed E-state index contributed by atoms with van der Waals surface area (Å²) in [6.45, 7) is 0.162. The summed E-state index contributed by atoms with van der Waals surface area (Å²) >= 11 is 0. The number of carbonyl (C=O) groups is 1. The summed E-state index contributed by atoms with van der Waals surface area (Å²) in [4.78, 5) is 11.8. The molecule has 0 amide bonds. The summed E-state index contributed by atoms with van der Waals surface area (Å²) < 4.78 is 19.7. The molecule has 3 aromatic rings. The van der Waals surface area contributed by atoms with Crippen molar-refractivity contribution in [2.24, 2.45) is 0 Å². The van der Waals surface area contributed by atoms with Gasteiger partial charge in [-0.25, -0.2) is 13.9 Å². The maximum absolute atomic E-state index is 12.8. The van der Waals surface area contributed by atoms with Crippen LogP contribution in [0.1, 0.15) is 15.9 Å². The Morgan fingerprint density at radius 1 is 1.09 bits per heavy atom. The Morgan fingerprint density at radius 3 is 2.45 bits per heavy atom. The normalized spacial score (nSPS) is 10.4. The summed E-state index contributed by atoms with van der Waals surface area (Å²) in [5.41, 5.74) is 2.12. The Labute approximate surface area is 126 Å². The quantitative estimate of drug-likeness (QED) is 0.693. The monoisotopic (exact) mass is 296 g/mol. The van der Waals surface area contributed by atoms with Gasteiger partial charge in [0.15, 0.2) is 0 Å². The van der Waals surface area contributed by atoms with Gasteiger partial charge in [-0.2, -0.15) is 5.10 Å². The molecule has 5 heteroatoms. The van der Waals surface area contributed by atoms with Gasteiger partial charge in [0, 0.05) is 12.4 Å². The van der Waals surface area contributed by atoms with E-state index in [1.165, 1.54) is 24.3 Å². The topological polar surface area (TPSA) is 44.1 Å². The third-order valence-corrected chi connectivity index (χ3v) is 3.16. The van der Waals surface area contributed by atoms with Gasteiger partial charge < -0.3 is 4.74 Å². The van der Waals surface area contributed by atoms with Gasteiger partial charge in [0.2, 0.25) is 0 Å². The zero-order valence-electron chi connectivity index (χ0n) is 11.6. The summed E-state index contributed by atoms with van der Waals surface area (Å²) in [5.74, 6) is -0.859. The molecule has 0 atom stereocenters. The highest BCUT2D eigenvalue weighted by atomic mass is 19.1. The first-order valence-electron chi connectivity index (χ1n) is 6.74. The molecule has 0 saturated heterocycles. The number of carbonyl (C=O) groups excluding carboxylic acids is 1. The number of rotatable bonds is 4. The molecule has 2 aromatic carbocycles. The molecule has 0 aliphatic carbocycles. The van der Waals surface area contributed by atoms with Crippen molar-refractivity contribution in [3.05, 3.63) is 83.9 Å². The van der Waals surface area contributed by atoms with Gasteiger partial charge in [-0.15, -0.1) is 0 Å². The molecule has 3 rings (SSSR count). The Morgan fingerprint density at radius 2 is 1.82 bits per heavy atom. The molecule has 110 valence electrons. The molecule has 0 spiro atoms. The zero-order valence-corrected chi connectivity index (χ0v) is 11.6. The van der Waals surface area contributed by atoms with Crippen LogP contribution in [0.15, 0.2) is 67.0 Å². The van der Waals surface area contributed by atoms with E-state index in [1.807, 2.05) is 36.5 Å². The number of hydrogen-bond donors (Lipinski definition) is 0. The minimum atomic E-state index is -0.476. The zero-order chi connectivity index (χ0) is 15.4. The lowest BCUT2D eigenvalue weighted by molar-refractivity contribution is 0.0472. The Hall–Kier alpha value is -2.95. The summed E-state index contributed by atoms with van der Waals surface area (Å²) in [7, 11) is 0. The number of ether oxygens (including phenoxy) is 1. The van der Waals surface area contributed by atoms with Crippen LogP contribution in [0.4, 0.5) is 4.39 Å². The second-order valence-electron chi connectivity index (χ2n) is 4.70. The van der Waals surface area contributed by atoms with Crippen molar-refractivity contribution >= 4 is 5.97 Å². The highest BCUT2D eigenvalue weighted by molar-refractivity contribution is 5.89. The number of esters is 1. The molecule has 0 unspecified atom stereocenters. The van der Waals surface area contributed by atoms with Crippen LogP contribution in [0.5, 0.6) is 0 Å². The lowest BCUT2D eigenvalue weighted by Gasteiger charge is -2.06. The van der Waals surface area contributed by atoms with Crippen LogP contribution in [0.3, 0.4) is 0 Å². The average Bonchev–Trinajstić information content (AvgIpc) is 3.08. The SMILES string of the molecule is O=C(OCc1ccc(-n2cccn2)cc1)c1ccc(F)cc1. The van der Waals surface area contributed by atoms with Crippen LogP contribution in [0.25, 0.3) is 5.69 Å². The fraction of sp³-hybridized carbons (Fsp3) is 0.0588. The standard InChI is InChI=1S/C17H13FN2O2/c18-15-6-4-14(5-7-15)17(21)22-12-13-2-8-16(9-3-13)20-11-1-10-19-20/h1-11H,12H2. The molecule has 0 N–H and O–H groups in total. The first kappa shape index (κ1) is 14.0. The van der Waals surface area contributed by atoms with Gasteiger partial charge in [-0.05, 0) is 48.0 Å². The summed E-state index contributed by atoms with van der Waals surface area (Å²) in [5, 5.41) is 4.14. The second-order valence-corrected chi connectivity index (χ2v) is 4.70. The van der Waals surface area contributed by atoms with Crippen molar-refractivity contribution < 1.29 is 13.9 Å². The Balaban J connectivity index is 1.61. The minimum absolute atomic E-state index is 0.162. The molecule has 4 nitrogen and oxygen atoms in total. The van der Waals surface area contributed by atoms with Crippen molar-refractivity contribution in [1.29, 1.82) is 0 Å².